The molecule has 1 saturated heterocycles. The minimum Gasteiger partial charge on any atom is -0.336 e. The summed E-state index contributed by atoms with van der Waals surface area (Å²) >= 11 is 0. The molecule has 0 saturated carbocycles. The molecule has 0 unspecified atom stereocenters. The van der Waals surface area contributed by atoms with E-state index in [-0.39, 0.29) is 0 Å². The quantitative estimate of drug-likeness (QED) is 0.849. The number of likely N-dealkylation sites (N-methyl/N-ethyl adjacent to an activating group) is 1. The maximum absolute atomic E-state index is 5.44. The molecule has 0 radical (unpaired) electrons. The number of hydrogen-bond acceptors (Lipinski definition) is 5. The van der Waals surface area contributed by atoms with Crippen LogP contribution in [0.1, 0.15) is 19.8 Å². The van der Waals surface area contributed by atoms with Gasteiger partial charge in [0.2, 0.25) is 0 Å². The van der Waals surface area contributed by atoms with Crippen LogP contribution in [0.5, 0.6) is 0 Å². The van der Waals surface area contributed by atoms with Gasteiger partial charge >= 0.3 is 0 Å². The first-order valence-electron chi connectivity index (χ1n) is 7.99. The first-order valence-corrected chi connectivity index (χ1v) is 7.99. The topological polar surface area (TPSA) is 45.4 Å². The van der Waals surface area contributed by atoms with Crippen LogP contribution in [-0.4, -0.2) is 48.3 Å². The van der Waals surface area contributed by atoms with Gasteiger partial charge in [-0.05, 0) is 43.7 Å². The first-order chi connectivity index (χ1) is 10.7. The van der Waals surface area contributed by atoms with Crippen LogP contribution in [0.25, 0.3) is 11.5 Å². The highest BCUT2D eigenvalue weighted by Gasteiger charge is 2.35. The lowest BCUT2D eigenvalue weighted by Gasteiger charge is -2.24. The monoisotopic (exact) mass is 300 g/mol. The standard InChI is InChI=1S/C17H24N4O/c1-4-8-14-11-21(12-15(14)20(2)3)17-18-16(22-19-17)13-9-6-5-7-10-13/h5-7,9-10,14-15H,4,8,11-12H2,1-3H3/t14-,15-/m1/s1. The molecule has 1 aliphatic rings. The number of nitrogens with zero attached hydrogens (tertiary/aromatic N) is 4. The molecule has 2 aromatic rings. The Hall–Kier alpha value is -1.88. The second-order valence-electron chi connectivity index (χ2n) is 6.25. The second-order valence-corrected chi connectivity index (χ2v) is 6.25. The normalized spacial score (nSPS) is 21.7. The largest absolute Gasteiger partial charge is 0.336 e. The molecule has 0 aliphatic carbocycles. The average Bonchev–Trinajstić information content (AvgIpc) is 3.15. The Morgan fingerprint density at radius 1 is 1.23 bits per heavy atom. The number of anilines is 1. The summed E-state index contributed by atoms with van der Waals surface area (Å²) in [6.07, 6.45) is 2.45. The molecule has 5 nitrogen and oxygen atoms in total. The van der Waals surface area contributed by atoms with Crippen molar-refractivity contribution in [3.8, 4) is 11.5 Å². The summed E-state index contributed by atoms with van der Waals surface area (Å²) in [4.78, 5) is 9.15. The molecule has 5 heteroatoms. The summed E-state index contributed by atoms with van der Waals surface area (Å²) in [5, 5.41) is 4.18. The Balaban J connectivity index is 1.76. The van der Waals surface area contributed by atoms with Gasteiger partial charge in [0.1, 0.15) is 0 Å². The van der Waals surface area contributed by atoms with Crippen LogP contribution in [0.2, 0.25) is 0 Å². The van der Waals surface area contributed by atoms with E-state index < -0.39 is 0 Å². The number of benzene rings is 1. The molecule has 2 atom stereocenters. The predicted octanol–water partition coefficient (Wildman–Crippen LogP) is 2.90. The molecule has 0 amide bonds. The molecule has 1 fully saturated rings. The Kier molecular flexibility index (Phi) is 4.43. The lowest BCUT2D eigenvalue weighted by molar-refractivity contribution is 0.246. The van der Waals surface area contributed by atoms with Gasteiger partial charge in [0.15, 0.2) is 0 Å². The fraction of sp³-hybridized carbons (Fsp3) is 0.529. The van der Waals surface area contributed by atoms with Crippen LogP contribution >= 0.6 is 0 Å². The molecule has 22 heavy (non-hydrogen) atoms. The maximum atomic E-state index is 5.44. The molecule has 1 aliphatic heterocycles. The molecule has 118 valence electrons. The third kappa shape index (κ3) is 2.99. The fourth-order valence-corrected chi connectivity index (χ4v) is 3.30. The van der Waals surface area contributed by atoms with Crippen molar-refractivity contribution in [1.29, 1.82) is 0 Å². The number of aromatic nitrogens is 2. The zero-order chi connectivity index (χ0) is 15.5. The summed E-state index contributed by atoms with van der Waals surface area (Å²) in [6.45, 7) is 4.22. The molecule has 1 aromatic carbocycles. The molecular formula is C17H24N4O. The van der Waals surface area contributed by atoms with Gasteiger partial charge in [-0.15, -0.1) is 0 Å². The van der Waals surface area contributed by atoms with Crippen molar-refractivity contribution in [3.05, 3.63) is 30.3 Å². The van der Waals surface area contributed by atoms with Crippen molar-refractivity contribution in [2.45, 2.75) is 25.8 Å². The molecule has 1 aromatic heterocycles. The Morgan fingerprint density at radius 3 is 2.68 bits per heavy atom. The van der Waals surface area contributed by atoms with Gasteiger partial charge in [0.25, 0.3) is 11.8 Å². The summed E-state index contributed by atoms with van der Waals surface area (Å²) < 4.78 is 5.44. The van der Waals surface area contributed by atoms with Crippen LogP contribution in [0.4, 0.5) is 5.95 Å². The van der Waals surface area contributed by atoms with Crippen LogP contribution < -0.4 is 4.90 Å². The van der Waals surface area contributed by atoms with E-state index in [0.717, 1.165) is 18.7 Å². The second kappa shape index (κ2) is 6.48. The molecule has 0 bridgehead atoms. The molecule has 0 spiro atoms. The van der Waals surface area contributed by atoms with Gasteiger partial charge in [-0.2, -0.15) is 4.98 Å². The molecule has 0 N–H and O–H groups in total. The Morgan fingerprint density at radius 2 is 2.00 bits per heavy atom. The third-order valence-electron chi connectivity index (χ3n) is 4.45. The fourth-order valence-electron chi connectivity index (χ4n) is 3.30. The van der Waals surface area contributed by atoms with Crippen molar-refractivity contribution in [2.75, 3.05) is 32.1 Å². The van der Waals surface area contributed by atoms with Gasteiger partial charge in [0, 0.05) is 24.7 Å². The predicted molar refractivity (Wildman–Crippen MR) is 87.8 cm³/mol. The van der Waals surface area contributed by atoms with Crippen molar-refractivity contribution in [1.82, 2.24) is 15.0 Å². The summed E-state index contributed by atoms with van der Waals surface area (Å²) in [6, 6.07) is 10.5. The highest BCUT2D eigenvalue weighted by molar-refractivity contribution is 5.54. The van der Waals surface area contributed by atoms with Gasteiger partial charge < -0.3 is 14.3 Å². The van der Waals surface area contributed by atoms with Crippen molar-refractivity contribution >= 4 is 5.95 Å². The molecule has 3 rings (SSSR count). The van der Waals surface area contributed by atoms with Gasteiger partial charge in [-0.25, -0.2) is 0 Å². The highest BCUT2D eigenvalue weighted by Crippen LogP contribution is 2.29. The van der Waals surface area contributed by atoms with Crippen LogP contribution in [0, 0.1) is 5.92 Å². The van der Waals surface area contributed by atoms with Crippen molar-refractivity contribution in [3.63, 3.8) is 0 Å². The molecular weight excluding hydrogens is 276 g/mol. The van der Waals surface area contributed by atoms with E-state index in [4.69, 9.17) is 4.52 Å². The van der Waals surface area contributed by atoms with E-state index in [1.807, 2.05) is 30.3 Å². The SMILES string of the molecule is CCC[C@@H]1CN(c2noc(-c3ccccc3)n2)C[C@H]1N(C)C. The minimum absolute atomic E-state index is 0.554. The van der Waals surface area contributed by atoms with Crippen LogP contribution in [0.15, 0.2) is 34.9 Å². The lowest BCUT2D eigenvalue weighted by Crippen LogP contribution is -2.35. The molecule has 2 heterocycles. The Bertz CT molecular complexity index is 596. The van der Waals surface area contributed by atoms with Crippen LogP contribution in [0.3, 0.4) is 0 Å². The first kappa shape index (κ1) is 15.0. The van der Waals surface area contributed by atoms with Gasteiger partial charge in [-0.1, -0.05) is 31.5 Å². The van der Waals surface area contributed by atoms with Crippen molar-refractivity contribution < 1.29 is 4.52 Å². The lowest BCUT2D eigenvalue weighted by atomic mass is 9.98. The van der Waals surface area contributed by atoms with Gasteiger partial charge in [0.05, 0.1) is 0 Å². The summed E-state index contributed by atoms with van der Waals surface area (Å²) in [5.74, 6) is 1.97. The number of hydrogen-bond donors (Lipinski definition) is 0. The van der Waals surface area contributed by atoms with E-state index >= 15 is 0 Å². The summed E-state index contributed by atoms with van der Waals surface area (Å²) in [5.41, 5.74) is 0.967. The zero-order valence-electron chi connectivity index (χ0n) is 13.6. The van der Waals surface area contributed by atoms with E-state index in [2.05, 4.69) is 41.0 Å². The van der Waals surface area contributed by atoms with Gasteiger partial charge in [-0.3, -0.25) is 0 Å². The smallest absolute Gasteiger partial charge is 0.266 e. The summed E-state index contributed by atoms with van der Waals surface area (Å²) in [7, 11) is 4.31. The maximum Gasteiger partial charge on any atom is 0.266 e. The Labute approximate surface area is 131 Å². The minimum atomic E-state index is 0.554. The highest BCUT2D eigenvalue weighted by atomic mass is 16.5. The average molecular weight is 300 g/mol. The van der Waals surface area contributed by atoms with E-state index in [9.17, 15) is 0 Å². The van der Waals surface area contributed by atoms with E-state index in [1.165, 1.54) is 12.8 Å². The third-order valence-corrected chi connectivity index (χ3v) is 4.45. The van der Waals surface area contributed by atoms with Crippen LogP contribution in [-0.2, 0) is 0 Å². The zero-order valence-corrected chi connectivity index (χ0v) is 13.6. The van der Waals surface area contributed by atoms with Crippen molar-refractivity contribution in [2.24, 2.45) is 5.92 Å². The number of rotatable bonds is 5. The van der Waals surface area contributed by atoms with E-state index in [1.54, 1.807) is 0 Å². The van der Waals surface area contributed by atoms with E-state index in [0.29, 0.717) is 23.8 Å².